The third kappa shape index (κ3) is 1.89. The fraction of sp³-hybridized carbons (Fsp3) is 0.636. The number of amidine groups is 1. The molecule has 1 unspecified atom stereocenters. The van der Waals surface area contributed by atoms with Gasteiger partial charge in [-0.2, -0.15) is 5.10 Å². The van der Waals surface area contributed by atoms with Gasteiger partial charge < -0.3 is 10.5 Å². The Kier molecular flexibility index (Phi) is 2.40. The summed E-state index contributed by atoms with van der Waals surface area (Å²) >= 11 is 0. The SMILES string of the molecule is Cn1cc(C2CN=C(N)O2)c(C(C)(C)C)n1. The molecule has 2 N–H and O–H groups in total. The van der Waals surface area contributed by atoms with Crippen molar-refractivity contribution in [2.75, 3.05) is 6.54 Å². The number of rotatable bonds is 1. The first kappa shape index (κ1) is 11.0. The summed E-state index contributed by atoms with van der Waals surface area (Å²) in [5.41, 5.74) is 7.66. The number of ether oxygens (including phenoxy) is 1. The van der Waals surface area contributed by atoms with Gasteiger partial charge in [0.05, 0.1) is 12.2 Å². The van der Waals surface area contributed by atoms with Crippen molar-refractivity contribution in [2.24, 2.45) is 17.8 Å². The van der Waals surface area contributed by atoms with Crippen LogP contribution in [0.2, 0.25) is 0 Å². The van der Waals surface area contributed by atoms with Gasteiger partial charge in [-0.3, -0.25) is 4.68 Å². The Labute approximate surface area is 95.3 Å². The summed E-state index contributed by atoms with van der Waals surface area (Å²) in [4.78, 5) is 4.06. The predicted molar refractivity (Wildman–Crippen MR) is 62.2 cm³/mol. The van der Waals surface area contributed by atoms with Crippen LogP contribution in [0.15, 0.2) is 11.2 Å². The van der Waals surface area contributed by atoms with Crippen LogP contribution < -0.4 is 5.73 Å². The van der Waals surface area contributed by atoms with Gasteiger partial charge in [-0.25, -0.2) is 4.99 Å². The first-order chi connectivity index (χ1) is 7.38. The van der Waals surface area contributed by atoms with Crippen molar-refractivity contribution in [3.8, 4) is 0 Å². The Hall–Kier alpha value is -1.52. The molecule has 0 saturated carbocycles. The van der Waals surface area contributed by atoms with E-state index in [2.05, 4.69) is 30.9 Å². The largest absolute Gasteiger partial charge is 0.455 e. The van der Waals surface area contributed by atoms with E-state index in [1.165, 1.54) is 0 Å². The third-order valence-corrected chi connectivity index (χ3v) is 2.59. The van der Waals surface area contributed by atoms with Crippen molar-refractivity contribution in [1.82, 2.24) is 9.78 Å². The van der Waals surface area contributed by atoms with Crippen molar-refractivity contribution < 1.29 is 4.74 Å². The summed E-state index contributed by atoms with van der Waals surface area (Å²) in [7, 11) is 1.91. The van der Waals surface area contributed by atoms with Crippen LogP contribution >= 0.6 is 0 Å². The second kappa shape index (κ2) is 3.50. The lowest BCUT2D eigenvalue weighted by Crippen LogP contribution is -2.18. The monoisotopic (exact) mass is 222 g/mol. The van der Waals surface area contributed by atoms with Crippen molar-refractivity contribution in [2.45, 2.75) is 32.3 Å². The number of aliphatic imine (C=N–C) groups is 1. The lowest BCUT2D eigenvalue weighted by atomic mass is 9.88. The minimum Gasteiger partial charge on any atom is -0.455 e. The summed E-state index contributed by atoms with van der Waals surface area (Å²) in [6.07, 6.45) is 1.90. The van der Waals surface area contributed by atoms with Crippen molar-refractivity contribution in [3.63, 3.8) is 0 Å². The number of nitrogens with two attached hydrogens (primary N) is 1. The second-order valence-corrected chi connectivity index (χ2v) is 5.14. The van der Waals surface area contributed by atoms with Crippen molar-refractivity contribution in [3.05, 3.63) is 17.5 Å². The molecule has 0 aromatic carbocycles. The molecule has 0 saturated heterocycles. The Balaban J connectivity index is 2.34. The molecular weight excluding hydrogens is 204 g/mol. The number of hydrogen-bond donors (Lipinski definition) is 1. The molecule has 0 fully saturated rings. The normalized spacial score (nSPS) is 20.8. The zero-order chi connectivity index (χ0) is 11.9. The van der Waals surface area contributed by atoms with Gasteiger partial charge in [-0.1, -0.05) is 20.8 Å². The molecule has 2 rings (SSSR count). The van der Waals surface area contributed by atoms with E-state index >= 15 is 0 Å². The fourth-order valence-electron chi connectivity index (χ4n) is 1.88. The first-order valence-electron chi connectivity index (χ1n) is 5.38. The molecule has 88 valence electrons. The predicted octanol–water partition coefficient (Wildman–Crippen LogP) is 1.10. The molecule has 1 aliphatic rings. The van der Waals surface area contributed by atoms with Gasteiger partial charge in [-0.15, -0.1) is 0 Å². The van der Waals surface area contributed by atoms with E-state index in [4.69, 9.17) is 10.5 Å². The summed E-state index contributed by atoms with van der Waals surface area (Å²) < 4.78 is 7.28. The number of aromatic nitrogens is 2. The Bertz CT molecular complexity index is 428. The lowest BCUT2D eigenvalue weighted by Gasteiger charge is -2.19. The molecule has 1 aromatic rings. The van der Waals surface area contributed by atoms with Gasteiger partial charge in [0.1, 0.15) is 6.10 Å². The summed E-state index contributed by atoms with van der Waals surface area (Å²) in [5.74, 6) is 0. The lowest BCUT2D eigenvalue weighted by molar-refractivity contribution is 0.223. The maximum Gasteiger partial charge on any atom is 0.282 e. The molecule has 2 heterocycles. The van der Waals surface area contributed by atoms with Gasteiger partial charge in [0.2, 0.25) is 0 Å². The standard InChI is InChI=1S/C11H18N4O/c1-11(2,3)9-7(6-15(4)14-9)8-5-13-10(12)16-8/h6,8H,5H2,1-4H3,(H2,12,13). The van der Waals surface area contributed by atoms with Crippen LogP contribution in [0.25, 0.3) is 0 Å². The van der Waals surface area contributed by atoms with Crippen LogP contribution in [0.4, 0.5) is 0 Å². The Morgan fingerprint density at radius 1 is 1.50 bits per heavy atom. The summed E-state index contributed by atoms with van der Waals surface area (Å²) in [6.45, 7) is 6.99. The van der Waals surface area contributed by atoms with E-state index < -0.39 is 0 Å². The highest BCUT2D eigenvalue weighted by Gasteiger charge is 2.30. The van der Waals surface area contributed by atoms with Gasteiger partial charge in [0.15, 0.2) is 0 Å². The highest BCUT2D eigenvalue weighted by atomic mass is 16.5. The number of nitrogens with zero attached hydrogens (tertiary/aromatic N) is 3. The second-order valence-electron chi connectivity index (χ2n) is 5.14. The average molecular weight is 222 g/mol. The van der Waals surface area contributed by atoms with E-state index in [1.807, 2.05) is 17.9 Å². The smallest absolute Gasteiger partial charge is 0.282 e. The Morgan fingerprint density at radius 2 is 2.19 bits per heavy atom. The molecule has 1 aliphatic heterocycles. The van der Waals surface area contributed by atoms with Gasteiger partial charge in [0, 0.05) is 24.2 Å². The summed E-state index contributed by atoms with van der Waals surface area (Å²) in [5, 5.41) is 4.50. The molecule has 16 heavy (non-hydrogen) atoms. The minimum atomic E-state index is -0.0806. The van der Waals surface area contributed by atoms with Gasteiger partial charge in [0.25, 0.3) is 6.02 Å². The van der Waals surface area contributed by atoms with Crippen LogP contribution in [-0.4, -0.2) is 22.3 Å². The topological polar surface area (TPSA) is 65.4 Å². The van der Waals surface area contributed by atoms with E-state index in [-0.39, 0.29) is 17.5 Å². The maximum atomic E-state index is 5.53. The highest BCUT2D eigenvalue weighted by Crippen LogP contribution is 2.31. The van der Waals surface area contributed by atoms with E-state index in [0.29, 0.717) is 6.54 Å². The fourth-order valence-corrected chi connectivity index (χ4v) is 1.88. The van der Waals surface area contributed by atoms with Crippen LogP contribution in [0.1, 0.15) is 38.1 Å². The van der Waals surface area contributed by atoms with Crippen LogP contribution in [0.3, 0.4) is 0 Å². The molecule has 0 spiro atoms. The van der Waals surface area contributed by atoms with Crippen LogP contribution in [0.5, 0.6) is 0 Å². The highest BCUT2D eigenvalue weighted by molar-refractivity contribution is 5.73. The van der Waals surface area contributed by atoms with E-state index in [9.17, 15) is 0 Å². The first-order valence-corrected chi connectivity index (χ1v) is 5.38. The van der Waals surface area contributed by atoms with Gasteiger partial charge in [-0.05, 0) is 0 Å². The quantitative estimate of drug-likeness (QED) is 0.774. The zero-order valence-corrected chi connectivity index (χ0v) is 10.2. The zero-order valence-electron chi connectivity index (χ0n) is 10.2. The minimum absolute atomic E-state index is 0.00267. The van der Waals surface area contributed by atoms with E-state index in [0.717, 1.165) is 11.3 Å². The Morgan fingerprint density at radius 3 is 2.69 bits per heavy atom. The van der Waals surface area contributed by atoms with Crippen molar-refractivity contribution >= 4 is 6.02 Å². The summed E-state index contributed by atoms with van der Waals surface area (Å²) in [6, 6.07) is 0.272. The molecular formula is C11H18N4O. The molecule has 5 nitrogen and oxygen atoms in total. The molecule has 0 aliphatic carbocycles. The molecule has 1 atom stereocenters. The third-order valence-electron chi connectivity index (χ3n) is 2.59. The van der Waals surface area contributed by atoms with Crippen molar-refractivity contribution in [1.29, 1.82) is 0 Å². The molecule has 0 bridgehead atoms. The molecule has 5 heteroatoms. The maximum absolute atomic E-state index is 5.53. The molecule has 0 radical (unpaired) electrons. The van der Waals surface area contributed by atoms with Gasteiger partial charge >= 0.3 is 0 Å². The number of hydrogen-bond acceptors (Lipinski definition) is 4. The number of aryl methyl sites for hydroxylation is 1. The average Bonchev–Trinajstić information content (AvgIpc) is 2.70. The van der Waals surface area contributed by atoms with Crippen LogP contribution in [0, 0.1) is 0 Å². The van der Waals surface area contributed by atoms with Crippen LogP contribution in [-0.2, 0) is 17.2 Å². The molecule has 0 amide bonds. The molecule has 1 aromatic heterocycles. The van der Waals surface area contributed by atoms with E-state index in [1.54, 1.807) is 0 Å².